The Morgan fingerprint density at radius 2 is 2.20 bits per heavy atom. The summed E-state index contributed by atoms with van der Waals surface area (Å²) in [7, 11) is 1.85. The Balaban J connectivity index is 1.70. The molecule has 1 aliphatic carbocycles. The molecule has 116 valence electrons. The zero-order chi connectivity index (χ0) is 14.2. The van der Waals surface area contributed by atoms with E-state index in [0.717, 1.165) is 45.2 Å². The van der Waals surface area contributed by atoms with Crippen molar-refractivity contribution in [3.8, 4) is 0 Å². The molecule has 1 saturated carbocycles. The zero-order valence-electron chi connectivity index (χ0n) is 13.3. The van der Waals surface area contributed by atoms with Crippen molar-refractivity contribution < 1.29 is 9.47 Å². The standard InChI is InChI=1S/C16H30N2O2/c1-4-14-9-17-15(2,13-5-6-13)10-18(14)11-16(19-3)7-8-20-12-16/h13-14,17H,4-12H2,1-3H3. The van der Waals surface area contributed by atoms with Gasteiger partial charge in [0.15, 0.2) is 0 Å². The Morgan fingerprint density at radius 1 is 1.40 bits per heavy atom. The molecule has 0 radical (unpaired) electrons. The highest BCUT2D eigenvalue weighted by Gasteiger charge is 2.47. The SMILES string of the molecule is CCC1CNC(C)(C2CC2)CN1CC1(OC)CCOC1. The van der Waals surface area contributed by atoms with Gasteiger partial charge in [-0.15, -0.1) is 0 Å². The molecular weight excluding hydrogens is 252 g/mol. The highest BCUT2D eigenvalue weighted by atomic mass is 16.5. The zero-order valence-corrected chi connectivity index (χ0v) is 13.3. The Morgan fingerprint density at radius 3 is 2.75 bits per heavy atom. The third-order valence-corrected chi connectivity index (χ3v) is 5.73. The van der Waals surface area contributed by atoms with Crippen LogP contribution in [0.2, 0.25) is 0 Å². The van der Waals surface area contributed by atoms with E-state index in [1.54, 1.807) is 0 Å². The average Bonchev–Trinajstić information content (AvgIpc) is 3.22. The van der Waals surface area contributed by atoms with E-state index in [4.69, 9.17) is 9.47 Å². The average molecular weight is 282 g/mol. The molecule has 2 heterocycles. The van der Waals surface area contributed by atoms with E-state index in [1.807, 2.05) is 7.11 Å². The molecule has 0 aromatic rings. The van der Waals surface area contributed by atoms with E-state index in [0.29, 0.717) is 11.6 Å². The number of piperazine rings is 1. The summed E-state index contributed by atoms with van der Waals surface area (Å²) in [4.78, 5) is 2.67. The molecule has 0 aromatic carbocycles. The fraction of sp³-hybridized carbons (Fsp3) is 1.00. The first-order valence-electron chi connectivity index (χ1n) is 8.23. The minimum atomic E-state index is -0.0742. The summed E-state index contributed by atoms with van der Waals surface area (Å²) < 4.78 is 11.5. The lowest BCUT2D eigenvalue weighted by molar-refractivity contribution is -0.0625. The molecule has 4 heteroatoms. The summed E-state index contributed by atoms with van der Waals surface area (Å²) in [6.45, 7) is 9.59. The van der Waals surface area contributed by atoms with E-state index < -0.39 is 0 Å². The van der Waals surface area contributed by atoms with Gasteiger partial charge in [0.2, 0.25) is 0 Å². The van der Waals surface area contributed by atoms with Crippen molar-refractivity contribution in [3.63, 3.8) is 0 Å². The van der Waals surface area contributed by atoms with Gasteiger partial charge in [-0.2, -0.15) is 0 Å². The number of methoxy groups -OCH3 is 1. The Labute approximate surface area is 123 Å². The second kappa shape index (κ2) is 5.56. The Hall–Kier alpha value is -0.160. The van der Waals surface area contributed by atoms with Crippen LogP contribution in [0.4, 0.5) is 0 Å². The number of nitrogens with zero attached hydrogens (tertiary/aromatic N) is 1. The maximum atomic E-state index is 5.85. The molecule has 0 amide bonds. The highest BCUT2D eigenvalue weighted by molar-refractivity contribution is 5.05. The number of ether oxygens (including phenoxy) is 2. The largest absolute Gasteiger partial charge is 0.378 e. The van der Waals surface area contributed by atoms with Crippen molar-refractivity contribution in [2.45, 2.75) is 56.7 Å². The minimum absolute atomic E-state index is 0.0742. The van der Waals surface area contributed by atoms with Crippen molar-refractivity contribution in [2.24, 2.45) is 5.92 Å². The third-order valence-electron chi connectivity index (χ3n) is 5.73. The first kappa shape index (κ1) is 14.8. The van der Waals surface area contributed by atoms with E-state index in [2.05, 4.69) is 24.1 Å². The minimum Gasteiger partial charge on any atom is -0.378 e. The van der Waals surface area contributed by atoms with Crippen LogP contribution in [0.5, 0.6) is 0 Å². The smallest absolute Gasteiger partial charge is 0.106 e. The number of hydrogen-bond donors (Lipinski definition) is 1. The van der Waals surface area contributed by atoms with Gasteiger partial charge >= 0.3 is 0 Å². The molecule has 20 heavy (non-hydrogen) atoms. The summed E-state index contributed by atoms with van der Waals surface area (Å²) in [6.07, 6.45) is 5.03. The fourth-order valence-electron chi connectivity index (χ4n) is 3.98. The number of rotatable bonds is 5. The van der Waals surface area contributed by atoms with Crippen LogP contribution in [0.25, 0.3) is 0 Å². The topological polar surface area (TPSA) is 33.7 Å². The van der Waals surface area contributed by atoms with Crippen molar-refractivity contribution >= 4 is 0 Å². The van der Waals surface area contributed by atoms with Crippen molar-refractivity contribution in [2.75, 3.05) is 40.0 Å². The maximum absolute atomic E-state index is 5.85. The van der Waals surface area contributed by atoms with Crippen LogP contribution in [0.15, 0.2) is 0 Å². The van der Waals surface area contributed by atoms with E-state index >= 15 is 0 Å². The third kappa shape index (κ3) is 2.76. The lowest BCUT2D eigenvalue weighted by Gasteiger charge is -2.48. The van der Waals surface area contributed by atoms with Gasteiger partial charge in [-0.1, -0.05) is 6.92 Å². The van der Waals surface area contributed by atoms with Crippen LogP contribution >= 0.6 is 0 Å². The molecule has 1 N–H and O–H groups in total. The molecule has 3 unspecified atom stereocenters. The molecule has 4 nitrogen and oxygen atoms in total. The monoisotopic (exact) mass is 282 g/mol. The molecule has 3 aliphatic rings. The number of hydrogen-bond acceptors (Lipinski definition) is 4. The molecule has 3 atom stereocenters. The van der Waals surface area contributed by atoms with Gasteiger partial charge in [0.1, 0.15) is 5.60 Å². The van der Waals surface area contributed by atoms with Gasteiger partial charge in [0.25, 0.3) is 0 Å². The molecule has 2 aliphatic heterocycles. The molecule has 0 spiro atoms. The van der Waals surface area contributed by atoms with Crippen molar-refractivity contribution in [1.29, 1.82) is 0 Å². The summed E-state index contributed by atoms with van der Waals surface area (Å²) in [5.74, 6) is 0.876. The van der Waals surface area contributed by atoms with Crippen LogP contribution in [0, 0.1) is 5.92 Å². The quantitative estimate of drug-likeness (QED) is 0.831. The molecule has 2 saturated heterocycles. The number of nitrogens with one attached hydrogen (secondary N) is 1. The van der Waals surface area contributed by atoms with E-state index in [1.165, 1.54) is 19.3 Å². The van der Waals surface area contributed by atoms with Crippen LogP contribution in [-0.4, -0.2) is 62.0 Å². The lowest BCUT2D eigenvalue weighted by atomic mass is 9.89. The van der Waals surface area contributed by atoms with Gasteiger partial charge < -0.3 is 14.8 Å². The van der Waals surface area contributed by atoms with Crippen LogP contribution in [0.3, 0.4) is 0 Å². The first-order valence-corrected chi connectivity index (χ1v) is 8.23. The lowest BCUT2D eigenvalue weighted by Crippen LogP contribution is -2.66. The van der Waals surface area contributed by atoms with Gasteiger partial charge in [-0.3, -0.25) is 4.90 Å². The Bertz CT molecular complexity index is 339. The van der Waals surface area contributed by atoms with E-state index in [-0.39, 0.29) is 5.60 Å². The van der Waals surface area contributed by atoms with Crippen molar-refractivity contribution in [3.05, 3.63) is 0 Å². The molecule has 0 bridgehead atoms. The van der Waals surface area contributed by atoms with Gasteiger partial charge in [0.05, 0.1) is 6.61 Å². The van der Waals surface area contributed by atoms with Crippen molar-refractivity contribution in [1.82, 2.24) is 10.2 Å². The maximum Gasteiger partial charge on any atom is 0.106 e. The Kier molecular flexibility index (Phi) is 4.10. The summed E-state index contributed by atoms with van der Waals surface area (Å²) >= 11 is 0. The predicted molar refractivity (Wildman–Crippen MR) is 80.0 cm³/mol. The summed E-state index contributed by atoms with van der Waals surface area (Å²) in [5.41, 5.74) is 0.231. The molecule has 3 rings (SSSR count). The van der Waals surface area contributed by atoms with Crippen LogP contribution < -0.4 is 5.32 Å². The molecule has 0 aromatic heterocycles. The molecule has 3 fully saturated rings. The summed E-state index contributed by atoms with van der Waals surface area (Å²) in [5, 5.41) is 3.83. The van der Waals surface area contributed by atoms with Gasteiger partial charge in [-0.05, 0) is 32.1 Å². The first-order chi connectivity index (χ1) is 9.61. The summed E-state index contributed by atoms with van der Waals surface area (Å²) in [6, 6.07) is 0.634. The normalized spacial score (nSPS) is 43.0. The molecular formula is C16H30N2O2. The van der Waals surface area contributed by atoms with Gasteiger partial charge in [-0.25, -0.2) is 0 Å². The predicted octanol–water partition coefficient (Wildman–Crippen LogP) is 1.64. The fourth-order valence-corrected chi connectivity index (χ4v) is 3.98. The second-order valence-electron chi connectivity index (χ2n) is 7.23. The van der Waals surface area contributed by atoms with E-state index in [9.17, 15) is 0 Å². The van der Waals surface area contributed by atoms with Crippen LogP contribution in [0.1, 0.15) is 39.5 Å². The van der Waals surface area contributed by atoms with Crippen LogP contribution in [-0.2, 0) is 9.47 Å². The highest BCUT2D eigenvalue weighted by Crippen LogP contribution is 2.42. The van der Waals surface area contributed by atoms with Gasteiger partial charge in [0, 0.05) is 51.4 Å². The second-order valence-corrected chi connectivity index (χ2v) is 7.23.